The van der Waals surface area contributed by atoms with Crippen LogP contribution in [0.4, 0.5) is 5.69 Å². The lowest BCUT2D eigenvalue weighted by Gasteiger charge is -2.31. The molecule has 1 N–H and O–H groups in total. The van der Waals surface area contributed by atoms with Crippen LogP contribution in [0.3, 0.4) is 0 Å². The van der Waals surface area contributed by atoms with Crippen LogP contribution in [0.1, 0.15) is 25.7 Å². The molecule has 25 heavy (non-hydrogen) atoms. The molecule has 0 unspecified atom stereocenters. The Morgan fingerprint density at radius 3 is 2.60 bits per heavy atom. The molecule has 1 aliphatic heterocycles. The molecule has 1 saturated heterocycles. The van der Waals surface area contributed by atoms with E-state index in [0.29, 0.717) is 6.04 Å². The van der Waals surface area contributed by atoms with Gasteiger partial charge in [-0.15, -0.1) is 0 Å². The Labute approximate surface area is 148 Å². The predicted octanol–water partition coefficient (Wildman–Crippen LogP) is 2.38. The Kier molecular flexibility index (Phi) is 4.99. The number of aromatic nitrogens is 2. The van der Waals surface area contributed by atoms with E-state index < -0.39 is 0 Å². The number of rotatable bonds is 4. The van der Waals surface area contributed by atoms with Gasteiger partial charge in [-0.25, -0.2) is 4.98 Å². The fraction of sp³-hybridized carbons (Fsp3) is 0.579. The van der Waals surface area contributed by atoms with E-state index in [1.807, 2.05) is 7.05 Å². The van der Waals surface area contributed by atoms with Crippen molar-refractivity contribution in [2.45, 2.75) is 37.8 Å². The SMILES string of the molecule is CNC1CCC(Oc2cc(N3CCOCC3)cc3nccnc23)CC1. The van der Waals surface area contributed by atoms with Gasteiger partial charge >= 0.3 is 0 Å². The summed E-state index contributed by atoms with van der Waals surface area (Å²) >= 11 is 0. The first-order chi connectivity index (χ1) is 12.3. The van der Waals surface area contributed by atoms with Crippen molar-refractivity contribution in [1.29, 1.82) is 0 Å². The minimum absolute atomic E-state index is 0.259. The van der Waals surface area contributed by atoms with Gasteiger partial charge in [-0.3, -0.25) is 4.98 Å². The number of benzene rings is 1. The molecule has 1 aliphatic carbocycles. The lowest BCUT2D eigenvalue weighted by atomic mass is 9.93. The second-order valence-electron chi connectivity index (χ2n) is 6.85. The summed E-state index contributed by atoms with van der Waals surface area (Å²) in [5, 5.41) is 3.37. The van der Waals surface area contributed by atoms with Crippen molar-refractivity contribution in [1.82, 2.24) is 15.3 Å². The molecule has 2 fully saturated rings. The van der Waals surface area contributed by atoms with Crippen LogP contribution in [0.15, 0.2) is 24.5 Å². The number of anilines is 1. The topological polar surface area (TPSA) is 59.5 Å². The third-order valence-electron chi connectivity index (χ3n) is 5.28. The quantitative estimate of drug-likeness (QED) is 0.921. The molecular weight excluding hydrogens is 316 g/mol. The number of hydrogen-bond donors (Lipinski definition) is 1. The van der Waals surface area contributed by atoms with E-state index in [2.05, 4.69) is 32.3 Å². The Morgan fingerprint density at radius 2 is 1.84 bits per heavy atom. The maximum absolute atomic E-state index is 6.40. The van der Waals surface area contributed by atoms with E-state index in [1.54, 1.807) is 12.4 Å². The fourth-order valence-electron chi connectivity index (χ4n) is 3.77. The van der Waals surface area contributed by atoms with Gasteiger partial charge in [0.1, 0.15) is 11.3 Å². The van der Waals surface area contributed by atoms with Crippen molar-refractivity contribution in [3.05, 3.63) is 24.5 Å². The Morgan fingerprint density at radius 1 is 1.08 bits per heavy atom. The molecule has 6 heteroatoms. The minimum atomic E-state index is 0.259. The lowest BCUT2D eigenvalue weighted by Crippen LogP contribution is -2.36. The molecule has 2 heterocycles. The van der Waals surface area contributed by atoms with E-state index in [-0.39, 0.29) is 6.10 Å². The molecule has 0 bridgehead atoms. The molecule has 0 amide bonds. The van der Waals surface area contributed by atoms with Crippen molar-refractivity contribution in [2.24, 2.45) is 0 Å². The number of morpholine rings is 1. The molecule has 1 saturated carbocycles. The average Bonchev–Trinajstić information content (AvgIpc) is 2.69. The summed E-state index contributed by atoms with van der Waals surface area (Å²) in [6, 6.07) is 4.86. The summed E-state index contributed by atoms with van der Waals surface area (Å²) in [5.74, 6) is 0.861. The molecule has 134 valence electrons. The molecule has 6 nitrogen and oxygen atoms in total. The summed E-state index contributed by atoms with van der Waals surface area (Å²) in [4.78, 5) is 11.4. The van der Waals surface area contributed by atoms with Crippen molar-refractivity contribution >= 4 is 16.7 Å². The second-order valence-corrected chi connectivity index (χ2v) is 6.85. The van der Waals surface area contributed by atoms with Gasteiger partial charge in [-0.05, 0) is 38.8 Å². The number of nitrogens with one attached hydrogen (secondary N) is 1. The summed E-state index contributed by atoms with van der Waals surface area (Å²) in [7, 11) is 2.04. The Hall–Kier alpha value is -1.92. The van der Waals surface area contributed by atoms with Gasteiger partial charge in [0.25, 0.3) is 0 Å². The smallest absolute Gasteiger partial charge is 0.149 e. The molecule has 1 aromatic carbocycles. The molecule has 4 rings (SSSR count). The second kappa shape index (κ2) is 7.54. The zero-order valence-corrected chi connectivity index (χ0v) is 14.8. The first-order valence-electron chi connectivity index (χ1n) is 9.25. The maximum Gasteiger partial charge on any atom is 0.149 e. The first-order valence-corrected chi connectivity index (χ1v) is 9.25. The number of nitrogens with zero attached hydrogens (tertiary/aromatic N) is 3. The standard InChI is InChI=1S/C19H26N4O2/c1-20-14-2-4-16(5-3-14)25-18-13-15(23-8-10-24-11-9-23)12-17-19(18)22-7-6-21-17/h6-7,12-14,16,20H,2-5,8-11H2,1H3. The van der Waals surface area contributed by atoms with Crippen molar-refractivity contribution in [3.63, 3.8) is 0 Å². The molecule has 2 aromatic rings. The molecule has 0 radical (unpaired) electrons. The predicted molar refractivity (Wildman–Crippen MR) is 98.3 cm³/mol. The molecule has 2 aliphatic rings. The van der Waals surface area contributed by atoms with Crippen molar-refractivity contribution < 1.29 is 9.47 Å². The highest BCUT2D eigenvalue weighted by molar-refractivity contribution is 5.85. The third kappa shape index (κ3) is 3.70. The normalized spacial score (nSPS) is 24.4. The highest BCUT2D eigenvalue weighted by Crippen LogP contribution is 2.32. The van der Waals surface area contributed by atoms with E-state index in [0.717, 1.165) is 74.5 Å². The van der Waals surface area contributed by atoms with Crippen LogP contribution in [-0.2, 0) is 4.74 Å². The van der Waals surface area contributed by atoms with Crippen LogP contribution in [0.25, 0.3) is 11.0 Å². The number of ether oxygens (including phenoxy) is 2. The summed E-state index contributed by atoms with van der Waals surface area (Å²) in [5.41, 5.74) is 2.90. The largest absolute Gasteiger partial charge is 0.488 e. The monoisotopic (exact) mass is 342 g/mol. The van der Waals surface area contributed by atoms with E-state index in [9.17, 15) is 0 Å². The van der Waals surface area contributed by atoms with Gasteiger partial charge in [0.05, 0.1) is 24.8 Å². The van der Waals surface area contributed by atoms with Crippen molar-refractivity contribution in [2.75, 3.05) is 38.3 Å². The van der Waals surface area contributed by atoms with Crippen LogP contribution in [0.2, 0.25) is 0 Å². The van der Waals surface area contributed by atoms with Gasteiger partial charge in [0.15, 0.2) is 0 Å². The van der Waals surface area contributed by atoms with Crippen LogP contribution in [0, 0.1) is 0 Å². The van der Waals surface area contributed by atoms with Gasteiger partial charge in [-0.1, -0.05) is 0 Å². The molecule has 0 atom stereocenters. The number of hydrogen-bond acceptors (Lipinski definition) is 6. The first kappa shape index (κ1) is 16.5. The van der Waals surface area contributed by atoms with Crippen LogP contribution in [0.5, 0.6) is 5.75 Å². The maximum atomic E-state index is 6.40. The Balaban J connectivity index is 1.60. The summed E-state index contributed by atoms with van der Waals surface area (Å²) in [6.45, 7) is 3.34. The highest BCUT2D eigenvalue weighted by atomic mass is 16.5. The summed E-state index contributed by atoms with van der Waals surface area (Å²) < 4.78 is 11.9. The summed E-state index contributed by atoms with van der Waals surface area (Å²) in [6.07, 6.45) is 8.22. The van der Waals surface area contributed by atoms with Crippen LogP contribution in [-0.4, -0.2) is 55.5 Å². The molecule has 0 spiro atoms. The van der Waals surface area contributed by atoms with Crippen LogP contribution < -0.4 is 15.0 Å². The van der Waals surface area contributed by atoms with Gasteiger partial charge in [0, 0.05) is 43.3 Å². The zero-order chi connectivity index (χ0) is 17.1. The van der Waals surface area contributed by atoms with Crippen LogP contribution >= 0.6 is 0 Å². The zero-order valence-electron chi connectivity index (χ0n) is 14.8. The van der Waals surface area contributed by atoms with E-state index in [4.69, 9.17) is 9.47 Å². The van der Waals surface area contributed by atoms with E-state index in [1.165, 1.54) is 0 Å². The lowest BCUT2D eigenvalue weighted by molar-refractivity contribution is 0.122. The highest BCUT2D eigenvalue weighted by Gasteiger charge is 2.23. The molecule has 1 aromatic heterocycles. The van der Waals surface area contributed by atoms with Gasteiger partial charge in [-0.2, -0.15) is 0 Å². The minimum Gasteiger partial charge on any atom is -0.488 e. The van der Waals surface area contributed by atoms with Crippen molar-refractivity contribution in [3.8, 4) is 5.75 Å². The van der Waals surface area contributed by atoms with Gasteiger partial charge in [0.2, 0.25) is 0 Å². The molecular formula is C19H26N4O2. The Bertz CT molecular complexity index is 710. The number of fused-ring (bicyclic) bond motifs is 1. The van der Waals surface area contributed by atoms with Gasteiger partial charge < -0.3 is 19.7 Å². The van der Waals surface area contributed by atoms with E-state index >= 15 is 0 Å². The fourth-order valence-corrected chi connectivity index (χ4v) is 3.77. The third-order valence-corrected chi connectivity index (χ3v) is 5.28. The average molecular weight is 342 g/mol.